The number of fused-ring (bicyclic) bond motifs is 1. The summed E-state index contributed by atoms with van der Waals surface area (Å²) in [5, 5.41) is 8.35. The van der Waals surface area contributed by atoms with Gasteiger partial charge in [0.05, 0.1) is 29.8 Å². The number of anilines is 1. The van der Waals surface area contributed by atoms with Gasteiger partial charge in [-0.3, -0.25) is 4.79 Å². The lowest BCUT2D eigenvalue weighted by Crippen LogP contribution is -2.40. The van der Waals surface area contributed by atoms with Crippen LogP contribution in [0.5, 0.6) is 0 Å². The van der Waals surface area contributed by atoms with Gasteiger partial charge in [-0.15, -0.1) is 5.10 Å². The number of sulfonamides is 1. The number of Topliss-reactive ketones (excluding diaryl/α,β-unsaturated/α-hetero) is 1. The topological polar surface area (TPSA) is 106 Å². The molecule has 1 unspecified atom stereocenters. The number of rotatable bonds is 10. The number of morpholine rings is 1. The molecule has 1 atom stereocenters. The molecule has 210 valence electrons. The molecule has 2 fully saturated rings. The molecular weight excluding hydrogens is 514 g/mol. The van der Waals surface area contributed by atoms with E-state index in [4.69, 9.17) is 9.84 Å². The number of nitrogens with zero attached hydrogens (tertiary/aromatic N) is 4. The highest BCUT2D eigenvalue weighted by Crippen LogP contribution is 2.37. The van der Waals surface area contributed by atoms with Crippen LogP contribution in [-0.4, -0.2) is 65.4 Å². The maximum Gasteiger partial charge on any atom is 0.243 e. The molecular formula is C29H39N5O4S. The van der Waals surface area contributed by atoms with Crippen LogP contribution in [0.25, 0.3) is 16.6 Å². The molecule has 9 nitrogen and oxygen atoms in total. The number of carbonyl (C=O) groups is 1. The van der Waals surface area contributed by atoms with Gasteiger partial charge in [-0.2, -0.15) is 4.31 Å². The van der Waals surface area contributed by atoms with Crippen molar-refractivity contribution in [2.24, 2.45) is 0 Å². The summed E-state index contributed by atoms with van der Waals surface area (Å²) in [6.07, 6.45) is 9.27. The van der Waals surface area contributed by atoms with Crippen LogP contribution in [0.4, 0.5) is 5.95 Å². The van der Waals surface area contributed by atoms with Gasteiger partial charge < -0.3 is 10.1 Å². The Morgan fingerprint density at radius 2 is 1.82 bits per heavy atom. The van der Waals surface area contributed by atoms with E-state index in [0.29, 0.717) is 50.9 Å². The van der Waals surface area contributed by atoms with E-state index >= 15 is 0 Å². The minimum absolute atomic E-state index is 0.231. The van der Waals surface area contributed by atoms with Crippen molar-refractivity contribution >= 4 is 27.3 Å². The van der Waals surface area contributed by atoms with E-state index in [1.54, 1.807) is 12.1 Å². The summed E-state index contributed by atoms with van der Waals surface area (Å²) in [7, 11) is -3.56. The van der Waals surface area contributed by atoms with E-state index in [9.17, 15) is 13.2 Å². The highest BCUT2D eigenvalue weighted by atomic mass is 32.2. The summed E-state index contributed by atoms with van der Waals surface area (Å²) < 4.78 is 35.0. The first-order chi connectivity index (χ1) is 18.9. The van der Waals surface area contributed by atoms with Crippen molar-refractivity contribution in [1.29, 1.82) is 0 Å². The molecule has 0 amide bonds. The highest BCUT2D eigenvalue weighted by Gasteiger charge is 2.28. The lowest BCUT2D eigenvalue weighted by molar-refractivity contribution is -0.120. The van der Waals surface area contributed by atoms with Gasteiger partial charge in [0.25, 0.3) is 0 Å². The number of hydrogen-bond acceptors (Lipinski definition) is 7. The van der Waals surface area contributed by atoms with Crippen molar-refractivity contribution in [3.05, 3.63) is 42.2 Å². The Bertz CT molecular complexity index is 1390. The Hall–Kier alpha value is -2.82. The zero-order valence-corrected chi connectivity index (χ0v) is 23.8. The molecule has 39 heavy (non-hydrogen) atoms. The third kappa shape index (κ3) is 6.18. The third-order valence-corrected chi connectivity index (χ3v) is 9.81. The van der Waals surface area contributed by atoms with Crippen molar-refractivity contribution in [2.45, 2.75) is 82.1 Å². The normalized spacial score (nSPS) is 18.5. The molecule has 2 aromatic heterocycles. The van der Waals surface area contributed by atoms with Gasteiger partial charge in [-0.05, 0) is 49.9 Å². The predicted molar refractivity (Wildman–Crippen MR) is 151 cm³/mol. The van der Waals surface area contributed by atoms with Crippen LogP contribution in [0, 0.1) is 0 Å². The predicted octanol–water partition coefficient (Wildman–Crippen LogP) is 5.02. The van der Waals surface area contributed by atoms with Crippen LogP contribution in [-0.2, 0) is 19.6 Å². The second-order valence-corrected chi connectivity index (χ2v) is 12.7. The molecule has 1 aromatic carbocycles. The van der Waals surface area contributed by atoms with Gasteiger partial charge in [0.15, 0.2) is 0 Å². The molecule has 3 heterocycles. The molecule has 10 heteroatoms. The quantitative estimate of drug-likeness (QED) is 0.351. The molecule has 1 saturated heterocycles. The lowest BCUT2D eigenvalue weighted by atomic mass is 9.86. The lowest BCUT2D eigenvalue weighted by Gasteiger charge is -2.26. The van der Waals surface area contributed by atoms with Crippen LogP contribution >= 0.6 is 0 Å². The summed E-state index contributed by atoms with van der Waals surface area (Å²) in [4.78, 5) is 16.9. The van der Waals surface area contributed by atoms with Crippen LogP contribution in [0.1, 0.15) is 76.8 Å². The Morgan fingerprint density at radius 3 is 2.51 bits per heavy atom. The minimum atomic E-state index is -3.56. The number of ether oxygens (including phenoxy) is 1. The number of nitrogens with one attached hydrogen (secondary N) is 1. The van der Waals surface area contributed by atoms with Crippen LogP contribution in [0.15, 0.2) is 41.4 Å². The van der Waals surface area contributed by atoms with E-state index in [1.165, 1.54) is 23.6 Å². The fourth-order valence-corrected chi connectivity index (χ4v) is 6.98. The van der Waals surface area contributed by atoms with E-state index in [2.05, 4.69) is 30.2 Å². The smallest absolute Gasteiger partial charge is 0.243 e. The molecule has 0 bridgehead atoms. The number of benzene rings is 1. The first-order valence-electron chi connectivity index (χ1n) is 14.2. The molecule has 5 rings (SSSR count). The molecule has 3 aromatic rings. The number of aromatic nitrogens is 3. The van der Waals surface area contributed by atoms with Gasteiger partial charge in [-0.1, -0.05) is 38.3 Å². The van der Waals surface area contributed by atoms with Gasteiger partial charge >= 0.3 is 0 Å². The second-order valence-electron chi connectivity index (χ2n) is 10.8. The third-order valence-electron chi connectivity index (χ3n) is 7.90. The van der Waals surface area contributed by atoms with E-state index in [0.717, 1.165) is 41.6 Å². The summed E-state index contributed by atoms with van der Waals surface area (Å²) >= 11 is 0. The van der Waals surface area contributed by atoms with Crippen molar-refractivity contribution < 1.29 is 17.9 Å². The van der Waals surface area contributed by atoms with Crippen molar-refractivity contribution in [1.82, 2.24) is 18.9 Å². The van der Waals surface area contributed by atoms with Crippen LogP contribution in [0.2, 0.25) is 0 Å². The molecule has 2 aliphatic rings. The highest BCUT2D eigenvalue weighted by molar-refractivity contribution is 7.89. The van der Waals surface area contributed by atoms with Gasteiger partial charge in [0.2, 0.25) is 16.0 Å². The van der Waals surface area contributed by atoms with E-state index in [-0.39, 0.29) is 16.9 Å². The van der Waals surface area contributed by atoms with Crippen molar-refractivity contribution in [3.63, 3.8) is 0 Å². The zero-order valence-electron chi connectivity index (χ0n) is 22.9. The summed E-state index contributed by atoms with van der Waals surface area (Å²) in [6.45, 7) is 5.93. The molecule has 1 aliphatic carbocycles. The fourth-order valence-electron chi connectivity index (χ4n) is 5.57. The monoisotopic (exact) mass is 553 g/mol. The summed E-state index contributed by atoms with van der Waals surface area (Å²) in [6, 6.07) is 9.48. The number of unbranched alkanes of at least 4 members (excludes halogenated alkanes) is 2. The van der Waals surface area contributed by atoms with Gasteiger partial charge in [0.1, 0.15) is 5.78 Å². The maximum atomic E-state index is 13.1. The Balaban J connectivity index is 1.46. The van der Waals surface area contributed by atoms with Crippen molar-refractivity contribution in [3.8, 4) is 11.1 Å². The Labute approximate surface area is 231 Å². The average molecular weight is 554 g/mol. The molecule has 1 aliphatic heterocycles. The number of carbonyl (C=O) groups excluding carboxylic acids is 1. The molecule has 1 saturated carbocycles. The Morgan fingerprint density at radius 1 is 1.10 bits per heavy atom. The fraction of sp³-hybridized carbons (Fsp3) is 0.552. The molecule has 0 spiro atoms. The van der Waals surface area contributed by atoms with E-state index < -0.39 is 10.0 Å². The first kappa shape index (κ1) is 27.7. The van der Waals surface area contributed by atoms with Crippen LogP contribution < -0.4 is 5.32 Å². The maximum absolute atomic E-state index is 13.1. The Kier molecular flexibility index (Phi) is 8.64. The molecule has 1 N–H and O–H groups in total. The second kappa shape index (κ2) is 12.1. The molecule has 0 radical (unpaired) electrons. The minimum Gasteiger partial charge on any atom is -0.379 e. The largest absolute Gasteiger partial charge is 0.379 e. The number of ketones is 1. The summed E-state index contributed by atoms with van der Waals surface area (Å²) in [5.41, 5.74) is 3.81. The SMILES string of the molecule is CCCCCC(C)Nc1ncc2c(-c3ccc(S(=O)(=O)N4CCOCC4)cc3)cc(C3CCC(=O)CC3)n2n1. The van der Waals surface area contributed by atoms with Gasteiger partial charge in [-0.25, -0.2) is 17.9 Å². The number of hydrogen-bond donors (Lipinski definition) is 1. The van der Waals surface area contributed by atoms with Crippen molar-refractivity contribution in [2.75, 3.05) is 31.6 Å². The van der Waals surface area contributed by atoms with Crippen LogP contribution in [0.3, 0.4) is 0 Å². The van der Waals surface area contributed by atoms with Gasteiger partial charge in [0, 0.05) is 49.1 Å². The van der Waals surface area contributed by atoms with E-state index in [1.807, 2.05) is 22.8 Å². The standard InChI is InChI=1S/C29H39N5O4S/c1-3-4-5-6-21(2)31-29-30-20-28-26(19-27(34(28)32-29)23-7-11-24(35)12-8-23)22-9-13-25(14-10-22)39(36,37)33-15-17-38-18-16-33/h9-10,13-14,19-21,23H,3-8,11-12,15-18H2,1-2H3,(H,31,32). The summed E-state index contributed by atoms with van der Waals surface area (Å²) in [5.74, 6) is 1.14. The first-order valence-corrected chi connectivity index (χ1v) is 15.7. The average Bonchev–Trinajstić information content (AvgIpc) is 3.33. The zero-order chi connectivity index (χ0) is 27.4.